The predicted molar refractivity (Wildman–Crippen MR) is 92.1 cm³/mol. The molecule has 120 valence electrons. The summed E-state index contributed by atoms with van der Waals surface area (Å²) in [5.41, 5.74) is 1.56. The summed E-state index contributed by atoms with van der Waals surface area (Å²) in [7, 11) is 0. The first-order valence-electron chi connectivity index (χ1n) is 7.06. The van der Waals surface area contributed by atoms with Crippen LogP contribution in [0.3, 0.4) is 0 Å². The number of nitrogens with zero attached hydrogens (tertiary/aromatic N) is 3. The van der Waals surface area contributed by atoms with Crippen LogP contribution < -0.4 is 4.74 Å². The maximum absolute atomic E-state index is 11.0. The lowest BCUT2D eigenvalue weighted by molar-refractivity contribution is -0.384. The topological polar surface area (TPSA) is 99.9 Å². The van der Waals surface area contributed by atoms with Crippen molar-refractivity contribution in [1.82, 2.24) is 0 Å². The Labute approximate surface area is 144 Å². The van der Waals surface area contributed by atoms with Gasteiger partial charge in [-0.1, -0.05) is 18.1 Å². The summed E-state index contributed by atoms with van der Waals surface area (Å²) in [6, 6.07) is 14.5. The quantitative estimate of drug-likeness (QED) is 0.274. The van der Waals surface area contributed by atoms with E-state index in [4.69, 9.17) is 16.4 Å². The molecule has 0 saturated heterocycles. The van der Waals surface area contributed by atoms with Gasteiger partial charge in [0.2, 0.25) is 0 Å². The number of terminal acetylenes is 1. The lowest BCUT2D eigenvalue weighted by Crippen LogP contribution is -1.97. The van der Waals surface area contributed by atoms with Crippen LogP contribution in [0, 0.1) is 45.1 Å². The van der Waals surface area contributed by atoms with Gasteiger partial charge >= 0.3 is 0 Å². The molecule has 0 N–H and O–H groups in total. The van der Waals surface area contributed by atoms with Gasteiger partial charge in [-0.3, -0.25) is 10.1 Å². The van der Waals surface area contributed by atoms with Gasteiger partial charge in [0.15, 0.2) is 0 Å². The average Bonchev–Trinajstić information content (AvgIpc) is 2.64. The third-order valence-electron chi connectivity index (χ3n) is 3.26. The summed E-state index contributed by atoms with van der Waals surface area (Å²) in [4.78, 5) is 10.5. The highest BCUT2D eigenvalue weighted by molar-refractivity contribution is 5.91. The summed E-state index contributed by atoms with van der Waals surface area (Å²) in [5, 5.41) is 29.2. The molecule has 0 saturated carbocycles. The number of hydrogen-bond donors (Lipinski definition) is 0. The van der Waals surface area contributed by atoms with Crippen LogP contribution in [0.4, 0.5) is 5.69 Å². The number of benzene rings is 2. The summed E-state index contributed by atoms with van der Waals surface area (Å²) >= 11 is 0. The smallest absolute Gasteiger partial charge is 0.270 e. The van der Waals surface area contributed by atoms with Crippen molar-refractivity contribution in [3.8, 4) is 30.2 Å². The second-order valence-corrected chi connectivity index (χ2v) is 4.83. The van der Waals surface area contributed by atoms with Crippen molar-refractivity contribution in [3.05, 3.63) is 69.3 Å². The number of ether oxygens (including phenoxy) is 1. The zero-order chi connectivity index (χ0) is 18.2. The van der Waals surface area contributed by atoms with Crippen LogP contribution in [0.15, 0.2) is 42.5 Å². The van der Waals surface area contributed by atoms with Gasteiger partial charge in [-0.05, 0) is 29.8 Å². The first-order valence-corrected chi connectivity index (χ1v) is 7.06. The number of hydrogen-bond acceptors (Lipinski definition) is 5. The minimum Gasteiger partial charge on any atom is -0.480 e. The highest BCUT2D eigenvalue weighted by Crippen LogP contribution is 2.28. The Kier molecular flexibility index (Phi) is 5.50. The molecule has 6 heteroatoms. The van der Waals surface area contributed by atoms with Gasteiger partial charge < -0.3 is 4.74 Å². The Hall–Kier alpha value is -4.08. The summed E-state index contributed by atoms with van der Waals surface area (Å²) in [6.07, 6.45) is 6.66. The van der Waals surface area contributed by atoms with Crippen molar-refractivity contribution in [3.63, 3.8) is 0 Å². The maximum atomic E-state index is 11.0. The van der Waals surface area contributed by atoms with Crippen molar-refractivity contribution in [2.24, 2.45) is 0 Å². The Morgan fingerprint density at radius 1 is 1.24 bits per heavy atom. The van der Waals surface area contributed by atoms with E-state index in [2.05, 4.69) is 5.92 Å². The molecule has 0 amide bonds. The van der Waals surface area contributed by atoms with E-state index in [-0.39, 0.29) is 17.9 Å². The number of allylic oxidation sites excluding steroid dienone is 1. The molecule has 0 aliphatic rings. The molecule has 0 heterocycles. The fourth-order valence-corrected chi connectivity index (χ4v) is 2.07. The molecule has 0 aliphatic heterocycles. The molecule has 6 nitrogen and oxygen atoms in total. The maximum Gasteiger partial charge on any atom is 0.270 e. The first kappa shape index (κ1) is 17.3. The molecule has 2 rings (SSSR count). The Morgan fingerprint density at radius 2 is 1.96 bits per heavy atom. The SMILES string of the molecule is C#CCOc1ccc([N+](=O)[O-])cc1/C=C(\C#N)c1ccc(C#N)cc1. The van der Waals surface area contributed by atoms with Gasteiger partial charge in [-0.2, -0.15) is 10.5 Å². The molecular weight excluding hydrogens is 318 g/mol. The molecule has 0 aliphatic carbocycles. The standard InChI is InChI=1S/C19H11N3O3/c1-2-9-25-19-8-7-18(22(23)24)11-16(19)10-17(13-21)15-5-3-14(12-20)4-6-15/h1,3-8,10-11H,9H2/b17-10+. The number of nitriles is 2. The molecule has 0 fully saturated rings. The van der Waals surface area contributed by atoms with E-state index in [9.17, 15) is 15.4 Å². The Bertz CT molecular complexity index is 955. The van der Waals surface area contributed by atoms with Crippen LogP contribution in [-0.4, -0.2) is 11.5 Å². The van der Waals surface area contributed by atoms with E-state index in [0.29, 0.717) is 22.4 Å². The zero-order valence-electron chi connectivity index (χ0n) is 13.0. The van der Waals surface area contributed by atoms with Gasteiger partial charge in [-0.25, -0.2) is 0 Å². The van der Waals surface area contributed by atoms with Crippen LogP contribution in [0.5, 0.6) is 5.75 Å². The molecule has 25 heavy (non-hydrogen) atoms. The van der Waals surface area contributed by atoms with E-state index in [1.807, 2.05) is 12.1 Å². The van der Waals surface area contributed by atoms with E-state index >= 15 is 0 Å². The van der Waals surface area contributed by atoms with E-state index < -0.39 is 4.92 Å². The van der Waals surface area contributed by atoms with Crippen molar-refractivity contribution in [2.45, 2.75) is 0 Å². The van der Waals surface area contributed by atoms with Crippen molar-refractivity contribution in [2.75, 3.05) is 6.61 Å². The third-order valence-corrected chi connectivity index (χ3v) is 3.26. The largest absolute Gasteiger partial charge is 0.480 e. The van der Waals surface area contributed by atoms with E-state index in [0.717, 1.165) is 0 Å². The average molecular weight is 329 g/mol. The van der Waals surface area contributed by atoms with Crippen LogP contribution in [0.25, 0.3) is 11.6 Å². The summed E-state index contributed by atoms with van der Waals surface area (Å²) in [6.45, 7) is -0.00258. The second kappa shape index (κ2) is 7.97. The fraction of sp³-hybridized carbons (Fsp3) is 0.0526. The number of rotatable bonds is 5. The molecule has 0 spiro atoms. The monoisotopic (exact) mass is 329 g/mol. The van der Waals surface area contributed by atoms with E-state index in [1.54, 1.807) is 24.3 Å². The van der Waals surface area contributed by atoms with Gasteiger partial charge in [0, 0.05) is 17.7 Å². The van der Waals surface area contributed by atoms with Crippen LogP contribution in [-0.2, 0) is 0 Å². The van der Waals surface area contributed by atoms with Crippen molar-refractivity contribution < 1.29 is 9.66 Å². The zero-order valence-corrected chi connectivity index (χ0v) is 13.0. The number of nitro groups is 1. The van der Waals surface area contributed by atoms with E-state index in [1.165, 1.54) is 24.3 Å². The lowest BCUT2D eigenvalue weighted by atomic mass is 10.0. The van der Waals surface area contributed by atoms with Gasteiger partial charge in [0.1, 0.15) is 12.4 Å². The summed E-state index contributed by atoms with van der Waals surface area (Å²) in [5.74, 6) is 2.66. The van der Waals surface area contributed by atoms with Gasteiger partial charge in [-0.15, -0.1) is 6.42 Å². The molecule has 0 aromatic heterocycles. The molecule has 0 unspecified atom stereocenters. The molecule has 2 aromatic carbocycles. The van der Waals surface area contributed by atoms with Crippen LogP contribution >= 0.6 is 0 Å². The fourth-order valence-electron chi connectivity index (χ4n) is 2.07. The first-order chi connectivity index (χ1) is 12.1. The minimum atomic E-state index is -0.532. The highest BCUT2D eigenvalue weighted by Gasteiger charge is 2.12. The molecule has 2 aromatic rings. The molecular formula is C19H11N3O3. The lowest BCUT2D eigenvalue weighted by Gasteiger charge is -2.07. The molecule has 0 radical (unpaired) electrons. The second-order valence-electron chi connectivity index (χ2n) is 4.83. The Balaban J connectivity index is 2.52. The van der Waals surface area contributed by atoms with Gasteiger partial charge in [0.25, 0.3) is 5.69 Å². The summed E-state index contributed by atoms with van der Waals surface area (Å²) < 4.78 is 5.38. The van der Waals surface area contributed by atoms with Gasteiger partial charge in [0.05, 0.1) is 28.2 Å². The normalized spacial score (nSPS) is 10.2. The number of nitro benzene ring substituents is 1. The minimum absolute atomic E-state index is 0.00258. The molecule has 0 atom stereocenters. The number of non-ortho nitro benzene ring substituents is 1. The Morgan fingerprint density at radius 3 is 2.52 bits per heavy atom. The molecule has 0 bridgehead atoms. The van der Waals surface area contributed by atoms with Crippen LogP contribution in [0.1, 0.15) is 16.7 Å². The predicted octanol–water partition coefficient (Wildman–Crippen LogP) is 3.54. The van der Waals surface area contributed by atoms with Crippen molar-refractivity contribution >= 4 is 17.3 Å². The van der Waals surface area contributed by atoms with Crippen LogP contribution in [0.2, 0.25) is 0 Å². The van der Waals surface area contributed by atoms with Crippen molar-refractivity contribution in [1.29, 1.82) is 10.5 Å². The highest BCUT2D eigenvalue weighted by atomic mass is 16.6. The third kappa shape index (κ3) is 4.22.